The van der Waals surface area contributed by atoms with Gasteiger partial charge in [0.1, 0.15) is 0 Å². The van der Waals surface area contributed by atoms with Crippen LogP contribution in [-0.4, -0.2) is 16.9 Å². The highest BCUT2D eigenvalue weighted by atomic mass is 79.9. The molecule has 0 aliphatic carbocycles. The molecule has 0 saturated heterocycles. The molecule has 21 heavy (non-hydrogen) atoms. The molecule has 0 spiro atoms. The summed E-state index contributed by atoms with van der Waals surface area (Å²) >= 11 is 3.34. The van der Waals surface area contributed by atoms with Gasteiger partial charge in [-0.3, -0.25) is 15.0 Å². The number of nitro groups is 1. The Morgan fingerprint density at radius 3 is 2.43 bits per heavy atom. The molecule has 0 atom stereocenters. The van der Waals surface area contributed by atoms with Crippen molar-refractivity contribution in [3.05, 3.63) is 73.7 Å². The van der Waals surface area contributed by atoms with Gasteiger partial charge >= 0.3 is 0 Å². The molecule has 0 radical (unpaired) electrons. The van der Waals surface area contributed by atoms with Crippen molar-refractivity contribution in [1.29, 1.82) is 0 Å². The number of aryl methyl sites for hydroxylation is 1. The van der Waals surface area contributed by atoms with Crippen LogP contribution in [0.1, 0.15) is 16.7 Å². The minimum Gasteiger partial charge on any atom is -0.298 e. The van der Waals surface area contributed by atoms with E-state index in [0.29, 0.717) is 11.0 Å². The molecule has 0 aromatic heterocycles. The van der Waals surface area contributed by atoms with Gasteiger partial charge in [-0.05, 0) is 41.0 Å². The van der Waals surface area contributed by atoms with Crippen molar-refractivity contribution < 1.29 is 4.92 Å². The van der Waals surface area contributed by atoms with Gasteiger partial charge in [-0.1, -0.05) is 42.0 Å². The summed E-state index contributed by atoms with van der Waals surface area (Å²) in [5.41, 5.74) is 3.49. The number of nitrogens with zero attached hydrogens (tertiary/aromatic N) is 2. The Hall–Kier alpha value is -1.72. The fraction of sp³-hybridized carbons (Fsp3) is 0.250. The monoisotopic (exact) mass is 348 g/mol. The third-order valence-corrected chi connectivity index (χ3v) is 4.18. The van der Waals surface area contributed by atoms with Gasteiger partial charge in [0.05, 0.1) is 9.40 Å². The van der Waals surface area contributed by atoms with Crippen molar-refractivity contribution >= 4 is 21.6 Å². The molecule has 0 heterocycles. The minimum absolute atomic E-state index is 0.108. The van der Waals surface area contributed by atoms with E-state index in [9.17, 15) is 10.1 Å². The Balaban J connectivity index is 2.09. The zero-order valence-corrected chi connectivity index (χ0v) is 13.6. The standard InChI is InChI=1S/C16H17BrN2O2/c1-12-6-8-13(9-7-12)10-18(2)11-14-4-3-5-15(16(14)17)19(20)21/h3-9H,10-11H2,1-2H3. The average Bonchev–Trinajstić information content (AvgIpc) is 2.43. The average molecular weight is 349 g/mol. The third kappa shape index (κ3) is 4.12. The van der Waals surface area contributed by atoms with Crippen molar-refractivity contribution in [2.24, 2.45) is 0 Å². The normalized spacial score (nSPS) is 10.9. The Morgan fingerprint density at radius 2 is 1.81 bits per heavy atom. The van der Waals surface area contributed by atoms with Crippen LogP contribution in [-0.2, 0) is 13.1 Å². The number of nitro benzene ring substituents is 1. The van der Waals surface area contributed by atoms with Gasteiger partial charge in [0.25, 0.3) is 5.69 Å². The number of hydrogen-bond donors (Lipinski definition) is 0. The number of benzene rings is 2. The van der Waals surface area contributed by atoms with Gasteiger partial charge in [0.2, 0.25) is 0 Å². The zero-order valence-electron chi connectivity index (χ0n) is 12.0. The van der Waals surface area contributed by atoms with E-state index in [1.54, 1.807) is 6.07 Å². The predicted molar refractivity (Wildman–Crippen MR) is 87.1 cm³/mol. The smallest absolute Gasteiger partial charge is 0.283 e. The Morgan fingerprint density at radius 1 is 1.14 bits per heavy atom. The largest absolute Gasteiger partial charge is 0.298 e. The minimum atomic E-state index is -0.368. The fourth-order valence-corrected chi connectivity index (χ4v) is 2.72. The maximum absolute atomic E-state index is 10.9. The molecule has 0 N–H and O–H groups in total. The van der Waals surface area contributed by atoms with Crippen molar-refractivity contribution in [3.63, 3.8) is 0 Å². The molecule has 0 unspecified atom stereocenters. The van der Waals surface area contributed by atoms with Crippen molar-refractivity contribution in [1.82, 2.24) is 4.90 Å². The number of rotatable bonds is 5. The van der Waals surface area contributed by atoms with E-state index in [1.165, 1.54) is 17.2 Å². The van der Waals surface area contributed by atoms with Crippen LogP contribution >= 0.6 is 15.9 Å². The molecule has 0 saturated carbocycles. The highest BCUT2D eigenvalue weighted by Crippen LogP contribution is 2.29. The summed E-state index contributed by atoms with van der Waals surface area (Å²) in [5, 5.41) is 10.9. The van der Waals surface area contributed by atoms with Crippen LogP contribution in [0.5, 0.6) is 0 Å². The predicted octanol–water partition coefficient (Wildman–Crippen LogP) is 4.30. The van der Waals surface area contributed by atoms with Crippen molar-refractivity contribution in [2.45, 2.75) is 20.0 Å². The van der Waals surface area contributed by atoms with Crippen LogP contribution < -0.4 is 0 Å². The zero-order chi connectivity index (χ0) is 15.4. The summed E-state index contributed by atoms with van der Waals surface area (Å²) in [4.78, 5) is 12.7. The van der Waals surface area contributed by atoms with Crippen LogP contribution in [0, 0.1) is 17.0 Å². The van der Waals surface area contributed by atoms with Crippen LogP contribution in [0.4, 0.5) is 5.69 Å². The second-order valence-electron chi connectivity index (χ2n) is 5.17. The quantitative estimate of drug-likeness (QED) is 0.597. The molecule has 0 aliphatic rings. The molecule has 0 bridgehead atoms. The van der Waals surface area contributed by atoms with Crippen LogP contribution in [0.25, 0.3) is 0 Å². The van der Waals surface area contributed by atoms with E-state index in [-0.39, 0.29) is 10.6 Å². The van der Waals surface area contributed by atoms with E-state index in [1.807, 2.05) is 13.1 Å². The van der Waals surface area contributed by atoms with Crippen molar-refractivity contribution in [3.8, 4) is 0 Å². The topological polar surface area (TPSA) is 46.4 Å². The highest BCUT2D eigenvalue weighted by molar-refractivity contribution is 9.10. The lowest BCUT2D eigenvalue weighted by Gasteiger charge is -2.17. The van der Waals surface area contributed by atoms with Gasteiger partial charge in [0, 0.05) is 19.2 Å². The number of halogens is 1. The molecule has 2 aromatic carbocycles. The summed E-state index contributed by atoms with van der Waals surface area (Å²) in [6.45, 7) is 3.51. The van der Waals surface area contributed by atoms with E-state index in [4.69, 9.17) is 0 Å². The van der Waals surface area contributed by atoms with Gasteiger partial charge in [-0.2, -0.15) is 0 Å². The third-order valence-electron chi connectivity index (χ3n) is 3.27. The molecular weight excluding hydrogens is 332 g/mol. The van der Waals surface area contributed by atoms with Crippen LogP contribution in [0.15, 0.2) is 46.9 Å². The van der Waals surface area contributed by atoms with Gasteiger partial charge in [-0.15, -0.1) is 0 Å². The maximum atomic E-state index is 10.9. The molecule has 0 aliphatic heterocycles. The van der Waals surface area contributed by atoms with Gasteiger partial charge in [-0.25, -0.2) is 0 Å². The first-order chi connectivity index (χ1) is 9.97. The van der Waals surface area contributed by atoms with E-state index in [0.717, 1.165) is 12.1 Å². The summed E-state index contributed by atoms with van der Waals surface area (Å²) < 4.78 is 0.561. The SMILES string of the molecule is Cc1ccc(CN(C)Cc2cccc([N+](=O)[O-])c2Br)cc1. The molecule has 0 fully saturated rings. The molecule has 4 nitrogen and oxygen atoms in total. The van der Waals surface area contributed by atoms with E-state index >= 15 is 0 Å². The maximum Gasteiger partial charge on any atom is 0.283 e. The lowest BCUT2D eigenvalue weighted by Crippen LogP contribution is -2.17. The molecule has 2 aromatic rings. The highest BCUT2D eigenvalue weighted by Gasteiger charge is 2.15. The molecule has 0 amide bonds. The second kappa shape index (κ2) is 6.83. The van der Waals surface area contributed by atoms with Gasteiger partial charge < -0.3 is 0 Å². The summed E-state index contributed by atoms with van der Waals surface area (Å²) in [7, 11) is 2.01. The van der Waals surface area contributed by atoms with E-state index < -0.39 is 0 Å². The van der Waals surface area contributed by atoms with Crippen LogP contribution in [0.2, 0.25) is 0 Å². The second-order valence-corrected chi connectivity index (χ2v) is 5.96. The summed E-state index contributed by atoms with van der Waals surface area (Å²) in [6, 6.07) is 13.5. The summed E-state index contributed by atoms with van der Waals surface area (Å²) in [6.07, 6.45) is 0. The first kappa shape index (κ1) is 15.7. The Labute approximate surface area is 132 Å². The molecule has 5 heteroatoms. The molecular formula is C16H17BrN2O2. The molecule has 2 rings (SSSR count). The fourth-order valence-electron chi connectivity index (χ4n) is 2.18. The lowest BCUT2D eigenvalue weighted by molar-refractivity contribution is -0.385. The Bertz CT molecular complexity index is 641. The van der Waals surface area contributed by atoms with E-state index in [2.05, 4.69) is 52.0 Å². The van der Waals surface area contributed by atoms with Crippen molar-refractivity contribution in [2.75, 3.05) is 7.05 Å². The van der Waals surface area contributed by atoms with Crippen LogP contribution in [0.3, 0.4) is 0 Å². The van der Waals surface area contributed by atoms with Gasteiger partial charge in [0.15, 0.2) is 0 Å². The first-order valence-electron chi connectivity index (χ1n) is 6.63. The molecule has 110 valence electrons. The number of hydrogen-bond acceptors (Lipinski definition) is 3. The first-order valence-corrected chi connectivity index (χ1v) is 7.42. The summed E-state index contributed by atoms with van der Waals surface area (Å²) in [5.74, 6) is 0. The Kier molecular flexibility index (Phi) is 5.09. The lowest BCUT2D eigenvalue weighted by atomic mass is 10.1.